The van der Waals surface area contributed by atoms with Crippen LogP contribution in [0.2, 0.25) is 10.0 Å². The second-order valence-corrected chi connectivity index (χ2v) is 5.05. The largest absolute Gasteiger partial charge is 0.384 e. The molecule has 0 saturated carbocycles. The van der Waals surface area contributed by atoms with E-state index in [0.29, 0.717) is 10.0 Å². The second-order valence-electron chi connectivity index (χ2n) is 2.78. The molecule has 0 aliphatic rings. The van der Waals surface area contributed by atoms with Gasteiger partial charge in [0.1, 0.15) is 0 Å². The number of thioether (sulfide) groups is 1. The zero-order valence-corrected chi connectivity index (χ0v) is 10.3. The van der Waals surface area contributed by atoms with Crippen LogP contribution in [0.15, 0.2) is 18.2 Å². The maximum absolute atomic E-state index is 5.86. The molecule has 0 aromatic heterocycles. The summed E-state index contributed by atoms with van der Waals surface area (Å²) < 4.78 is 0. The van der Waals surface area contributed by atoms with Crippen molar-refractivity contribution in [3.05, 3.63) is 28.2 Å². The quantitative estimate of drug-likeness (QED) is 0.787. The Bertz CT molecular complexity index is 271. The Kier molecular flexibility index (Phi) is 5.53. The van der Waals surface area contributed by atoms with Crippen LogP contribution in [0.1, 0.15) is 6.92 Å². The minimum atomic E-state index is 0.670. The number of hydrogen-bond acceptors (Lipinski definition) is 2. The Morgan fingerprint density at radius 3 is 2.43 bits per heavy atom. The highest BCUT2D eigenvalue weighted by Gasteiger charge is 1.96. The van der Waals surface area contributed by atoms with E-state index in [1.807, 2.05) is 23.9 Å². The van der Waals surface area contributed by atoms with Gasteiger partial charge in [0, 0.05) is 28.0 Å². The van der Waals surface area contributed by atoms with E-state index in [9.17, 15) is 0 Å². The minimum absolute atomic E-state index is 0.670. The molecule has 0 radical (unpaired) electrons. The molecular formula is C10H13Cl2NS. The van der Waals surface area contributed by atoms with E-state index < -0.39 is 0 Å². The first kappa shape index (κ1) is 12.0. The predicted octanol–water partition coefficient (Wildman–Crippen LogP) is 4.16. The van der Waals surface area contributed by atoms with E-state index >= 15 is 0 Å². The van der Waals surface area contributed by atoms with Gasteiger partial charge >= 0.3 is 0 Å². The highest BCUT2D eigenvalue weighted by atomic mass is 35.5. The lowest BCUT2D eigenvalue weighted by Gasteiger charge is -2.06. The standard InChI is InChI=1S/C10H13Cl2NS/c1-2-14-4-3-13-10-6-8(11)5-9(12)7-10/h5-7,13H,2-4H2,1H3. The Labute approximate surface area is 99.2 Å². The molecule has 0 bridgehead atoms. The first-order valence-electron chi connectivity index (χ1n) is 4.50. The molecule has 1 aromatic rings. The average molecular weight is 250 g/mol. The van der Waals surface area contributed by atoms with Crippen LogP contribution in [0.4, 0.5) is 5.69 Å². The first-order valence-corrected chi connectivity index (χ1v) is 6.41. The topological polar surface area (TPSA) is 12.0 Å². The summed E-state index contributed by atoms with van der Waals surface area (Å²) in [6.45, 7) is 3.09. The third kappa shape index (κ3) is 4.45. The van der Waals surface area contributed by atoms with Crippen LogP contribution in [0.3, 0.4) is 0 Å². The van der Waals surface area contributed by atoms with Gasteiger partial charge in [0.25, 0.3) is 0 Å². The molecule has 1 N–H and O–H groups in total. The SMILES string of the molecule is CCSCCNc1cc(Cl)cc(Cl)c1. The van der Waals surface area contributed by atoms with Crippen LogP contribution < -0.4 is 5.32 Å². The normalized spacial score (nSPS) is 10.2. The van der Waals surface area contributed by atoms with Gasteiger partial charge in [-0.05, 0) is 24.0 Å². The molecule has 1 nitrogen and oxygen atoms in total. The Balaban J connectivity index is 2.42. The van der Waals surface area contributed by atoms with Crippen molar-refractivity contribution in [1.82, 2.24) is 0 Å². The number of rotatable bonds is 5. The van der Waals surface area contributed by atoms with Crippen LogP contribution >= 0.6 is 35.0 Å². The molecule has 0 aliphatic carbocycles. The van der Waals surface area contributed by atoms with Crippen LogP contribution in [0.25, 0.3) is 0 Å². The predicted molar refractivity (Wildman–Crippen MR) is 68.0 cm³/mol. The molecular weight excluding hydrogens is 237 g/mol. The minimum Gasteiger partial charge on any atom is -0.384 e. The van der Waals surface area contributed by atoms with Gasteiger partial charge < -0.3 is 5.32 Å². The number of nitrogens with one attached hydrogen (secondary N) is 1. The van der Waals surface area contributed by atoms with E-state index in [1.54, 1.807) is 6.07 Å². The van der Waals surface area contributed by atoms with E-state index in [1.165, 1.54) is 0 Å². The van der Waals surface area contributed by atoms with Crippen molar-refractivity contribution in [2.24, 2.45) is 0 Å². The maximum atomic E-state index is 5.86. The molecule has 0 unspecified atom stereocenters. The molecule has 4 heteroatoms. The van der Waals surface area contributed by atoms with Crippen LogP contribution in [0.5, 0.6) is 0 Å². The Morgan fingerprint density at radius 2 is 1.86 bits per heavy atom. The van der Waals surface area contributed by atoms with Crippen molar-refractivity contribution in [2.75, 3.05) is 23.4 Å². The highest BCUT2D eigenvalue weighted by Crippen LogP contribution is 2.22. The summed E-state index contributed by atoms with van der Waals surface area (Å²) in [7, 11) is 0. The molecule has 0 amide bonds. The summed E-state index contributed by atoms with van der Waals surface area (Å²) >= 11 is 13.6. The fourth-order valence-corrected chi connectivity index (χ4v) is 2.13. The summed E-state index contributed by atoms with van der Waals surface area (Å²) in [6, 6.07) is 5.49. The zero-order valence-electron chi connectivity index (χ0n) is 8.02. The Hall–Kier alpha value is -0.0500. The highest BCUT2D eigenvalue weighted by molar-refractivity contribution is 7.99. The van der Waals surface area contributed by atoms with Crippen molar-refractivity contribution in [1.29, 1.82) is 0 Å². The van der Waals surface area contributed by atoms with Crippen LogP contribution in [-0.2, 0) is 0 Å². The zero-order chi connectivity index (χ0) is 10.4. The monoisotopic (exact) mass is 249 g/mol. The van der Waals surface area contributed by atoms with Gasteiger partial charge in [-0.2, -0.15) is 11.8 Å². The van der Waals surface area contributed by atoms with E-state index in [-0.39, 0.29) is 0 Å². The molecule has 0 fully saturated rings. The summed E-state index contributed by atoms with van der Waals surface area (Å²) in [5.74, 6) is 2.25. The summed E-state index contributed by atoms with van der Waals surface area (Å²) in [4.78, 5) is 0. The van der Waals surface area contributed by atoms with Gasteiger partial charge in [0.05, 0.1) is 0 Å². The maximum Gasteiger partial charge on any atom is 0.0441 e. The molecule has 0 spiro atoms. The fraction of sp³-hybridized carbons (Fsp3) is 0.400. The number of halogens is 2. The van der Waals surface area contributed by atoms with Gasteiger partial charge in [-0.1, -0.05) is 30.1 Å². The van der Waals surface area contributed by atoms with Crippen LogP contribution in [0, 0.1) is 0 Å². The summed E-state index contributed by atoms with van der Waals surface area (Å²) in [5.41, 5.74) is 0.985. The third-order valence-corrected chi connectivity index (χ3v) is 2.98. The molecule has 0 heterocycles. The first-order chi connectivity index (χ1) is 6.72. The third-order valence-electron chi connectivity index (χ3n) is 1.64. The summed E-state index contributed by atoms with van der Waals surface area (Å²) in [5, 5.41) is 4.61. The van der Waals surface area contributed by atoms with Crippen molar-refractivity contribution in [2.45, 2.75) is 6.92 Å². The molecule has 78 valence electrons. The van der Waals surface area contributed by atoms with Gasteiger partial charge in [0.2, 0.25) is 0 Å². The molecule has 0 aliphatic heterocycles. The molecule has 14 heavy (non-hydrogen) atoms. The van der Waals surface area contributed by atoms with Gasteiger partial charge in [-0.3, -0.25) is 0 Å². The number of anilines is 1. The summed E-state index contributed by atoms with van der Waals surface area (Å²) in [6.07, 6.45) is 0. The van der Waals surface area contributed by atoms with E-state index in [0.717, 1.165) is 23.7 Å². The van der Waals surface area contributed by atoms with Gasteiger partial charge in [0.15, 0.2) is 0 Å². The van der Waals surface area contributed by atoms with Crippen molar-refractivity contribution >= 4 is 40.7 Å². The second kappa shape index (κ2) is 6.44. The fourth-order valence-electron chi connectivity index (χ4n) is 1.07. The Morgan fingerprint density at radius 1 is 1.21 bits per heavy atom. The lowest BCUT2D eigenvalue weighted by atomic mass is 10.3. The van der Waals surface area contributed by atoms with E-state index in [2.05, 4.69) is 12.2 Å². The van der Waals surface area contributed by atoms with Crippen LogP contribution in [-0.4, -0.2) is 18.1 Å². The van der Waals surface area contributed by atoms with Gasteiger partial charge in [-0.15, -0.1) is 0 Å². The molecule has 1 aromatic carbocycles. The molecule has 0 saturated heterocycles. The lowest BCUT2D eigenvalue weighted by Crippen LogP contribution is -2.03. The van der Waals surface area contributed by atoms with Gasteiger partial charge in [-0.25, -0.2) is 0 Å². The number of hydrogen-bond donors (Lipinski definition) is 1. The molecule has 1 rings (SSSR count). The lowest BCUT2D eigenvalue weighted by molar-refractivity contribution is 1.23. The van der Waals surface area contributed by atoms with Crippen molar-refractivity contribution < 1.29 is 0 Å². The van der Waals surface area contributed by atoms with E-state index in [4.69, 9.17) is 23.2 Å². The average Bonchev–Trinajstić information content (AvgIpc) is 2.11. The smallest absolute Gasteiger partial charge is 0.0441 e. The van der Waals surface area contributed by atoms with Crippen molar-refractivity contribution in [3.8, 4) is 0 Å². The molecule has 0 atom stereocenters. The van der Waals surface area contributed by atoms with Crippen molar-refractivity contribution in [3.63, 3.8) is 0 Å². The number of benzene rings is 1.